The fourth-order valence-electron chi connectivity index (χ4n) is 3.06. The fraction of sp³-hybridized carbons (Fsp3) is 0.444. The Morgan fingerprint density at radius 2 is 2.08 bits per heavy atom. The Labute approximate surface area is 149 Å². The number of carbonyl (C=O) groups excluding carboxylic acids is 1. The van der Waals surface area contributed by atoms with E-state index in [4.69, 9.17) is 0 Å². The lowest BCUT2D eigenvalue weighted by Gasteiger charge is -2.33. The zero-order valence-corrected chi connectivity index (χ0v) is 14.4. The molecule has 1 aliphatic rings. The summed E-state index contributed by atoms with van der Waals surface area (Å²) in [6.07, 6.45) is -2.92. The van der Waals surface area contributed by atoms with E-state index in [0.29, 0.717) is 6.54 Å². The number of rotatable bonds is 5. The Morgan fingerprint density at radius 1 is 1.35 bits per heavy atom. The molecular weight excluding hydrogens is 345 g/mol. The Bertz CT molecular complexity index is 758. The maximum absolute atomic E-state index is 13.6. The quantitative estimate of drug-likeness (QED) is 0.784. The number of unbranched alkanes of at least 4 members (excludes halogenated alkanes) is 1. The first kappa shape index (κ1) is 18.3. The highest BCUT2D eigenvalue weighted by molar-refractivity contribution is 5.93. The largest absolute Gasteiger partial charge is 0.410 e. The SMILES string of the molecule is CCCCNC(=O)c1cc2n(n1)C(C(F)(F)F)CC(c1ccccc1)N2. The van der Waals surface area contributed by atoms with Crippen molar-refractivity contribution < 1.29 is 18.0 Å². The summed E-state index contributed by atoms with van der Waals surface area (Å²) in [6, 6.07) is 8.08. The summed E-state index contributed by atoms with van der Waals surface area (Å²) in [5.41, 5.74) is 0.759. The molecule has 1 aromatic carbocycles. The summed E-state index contributed by atoms with van der Waals surface area (Å²) in [5.74, 6) is -0.257. The van der Waals surface area contributed by atoms with Crippen molar-refractivity contribution in [2.75, 3.05) is 11.9 Å². The van der Waals surface area contributed by atoms with Gasteiger partial charge in [-0.25, -0.2) is 4.68 Å². The minimum atomic E-state index is -4.45. The molecule has 1 aliphatic heterocycles. The predicted molar refractivity (Wildman–Crippen MR) is 92.0 cm³/mol. The lowest BCUT2D eigenvalue weighted by molar-refractivity contribution is -0.173. The van der Waals surface area contributed by atoms with Crippen LogP contribution in [0.25, 0.3) is 0 Å². The van der Waals surface area contributed by atoms with Crippen LogP contribution >= 0.6 is 0 Å². The summed E-state index contributed by atoms with van der Waals surface area (Å²) in [4.78, 5) is 12.1. The molecule has 0 saturated carbocycles. The van der Waals surface area contributed by atoms with Gasteiger partial charge in [0.2, 0.25) is 0 Å². The van der Waals surface area contributed by atoms with Crippen molar-refractivity contribution >= 4 is 11.7 Å². The Hall–Kier alpha value is -2.51. The number of benzene rings is 1. The monoisotopic (exact) mass is 366 g/mol. The van der Waals surface area contributed by atoms with E-state index in [-0.39, 0.29) is 17.9 Å². The van der Waals surface area contributed by atoms with Crippen LogP contribution in [0.1, 0.15) is 54.3 Å². The number of nitrogens with zero attached hydrogens (tertiary/aromatic N) is 2. The number of hydrogen-bond donors (Lipinski definition) is 2. The van der Waals surface area contributed by atoms with E-state index < -0.39 is 24.2 Å². The van der Waals surface area contributed by atoms with E-state index in [0.717, 1.165) is 23.1 Å². The number of aromatic nitrogens is 2. The third-order valence-corrected chi connectivity index (χ3v) is 4.44. The molecule has 3 rings (SSSR count). The summed E-state index contributed by atoms with van der Waals surface area (Å²) < 4.78 is 41.6. The molecule has 0 saturated heterocycles. The van der Waals surface area contributed by atoms with E-state index >= 15 is 0 Å². The van der Waals surface area contributed by atoms with Crippen LogP contribution in [-0.2, 0) is 0 Å². The molecule has 1 aromatic heterocycles. The smallest absolute Gasteiger partial charge is 0.363 e. The number of anilines is 1. The highest BCUT2D eigenvalue weighted by Crippen LogP contribution is 2.43. The van der Waals surface area contributed by atoms with Crippen molar-refractivity contribution in [2.45, 2.75) is 44.4 Å². The van der Waals surface area contributed by atoms with Crippen molar-refractivity contribution in [1.29, 1.82) is 0 Å². The van der Waals surface area contributed by atoms with Crippen LogP contribution in [-0.4, -0.2) is 28.4 Å². The highest BCUT2D eigenvalue weighted by atomic mass is 19.4. The molecule has 1 amide bonds. The third-order valence-electron chi connectivity index (χ3n) is 4.44. The van der Waals surface area contributed by atoms with Gasteiger partial charge in [0.25, 0.3) is 5.91 Å². The molecule has 5 nitrogen and oxygen atoms in total. The summed E-state index contributed by atoms with van der Waals surface area (Å²) in [7, 11) is 0. The first-order chi connectivity index (χ1) is 12.4. The molecule has 2 atom stereocenters. The standard InChI is InChI=1S/C18H21F3N4O/c1-2-3-9-22-17(26)14-11-16-23-13(12-7-5-4-6-8-12)10-15(18(19,20)21)25(16)24-14/h4-8,11,13,15,23H,2-3,9-10H2,1H3,(H,22,26). The van der Waals surface area contributed by atoms with Gasteiger partial charge in [-0.1, -0.05) is 43.7 Å². The topological polar surface area (TPSA) is 59.0 Å². The predicted octanol–water partition coefficient (Wildman–Crippen LogP) is 4.07. The zero-order valence-electron chi connectivity index (χ0n) is 14.4. The van der Waals surface area contributed by atoms with Crippen LogP contribution < -0.4 is 10.6 Å². The molecule has 2 unspecified atom stereocenters. The number of alkyl halides is 3. The zero-order chi connectivity index (χ0) is 18.7. The molecule has 140 valence electrons. The van der Waals surface area contributed by atoms with Crippen molar-refractivity contribution in [3.63, 3.8) is 0 Å². The van der Waals surface area contributed by atoms with Gasteiger partial charge < -0.3 is 10.6 Å². The number of carbonyl (C=O) groups is 1. The van der Waals surface area contributed by atoms with E-state index in [1.807, 2.05) is 13.0 Å². The normalized spacial score (nSPS) is 19.5. The van der Waals surface area contributed by atoms with Gasteiger partial charge >= 0.3 is 6.18 Å². The molecule has 2 heterocycles. The van der Waals surface area contributed by atoms with E-state index in [2.05, 4.69) is 15.7 Å². The summed E-state index contributed by atoms with van der Waals surface area (Å²) in [5, 5.41) is 9.69. The minimum absolute atomic E-state index is 0.00781. The van der Waals surface area contributed by atoms with E-state index in [1.165, 1.54) is 6.07 Å². The Morgan fingerprint density at radius 3 is 2.73 bits per heavy atom. The van der Waals surface area contributed by atoms with Gasteiger partial charge in [-0.05, 0) is 12.0 Å². The second kappa shape index (κ2) is 7.39. The van der Waals surface area contributed by atoms with Gasteiger partial charge in [0.15, 0.2) is 11.7 Å². The molecular formula is C18H21F3N4O. The Balaban J connectivity index is 1.88. The highest BCUT2D eigenvalue weighted by Gasteiger charge is 2.46. The van der Waals surface area contributed by atoms with Crippen molar-refractivity contribution in [3.05, 3.63) is 47.7 Å². The average molecular weight is 366 g/mol. The van der Waals surface area contributed by atoms with Crippen LogP contribution in [0.4, 0.5) is 19.0 Å². The summed E-state index contributed by atoms with van der Waals surface area (Å²) >= 11 is 0. The molecule has 0 fully saturated rings. The van der Waals surface area contributed by atoms with Crippen molar-refractivity contribution in [1.82, 2.24) is 15.1 Å². The number of hydrogen-bond acceptors (Lipinski definition) is 3. The van der Waals surface area contributed by atoms with Crippen LogP contribution in [0.3, 0.4) is 0 Å². The molecule has 26 heavy (non-hydrogen) atoms. The van der Waals surface area contributed by atoms with Crippen LogP contribution in [0.5, 0.6) is 0 Å². The van der Waals surface area contributed by atoms with Crippen molar-refractivity contribution in [3.8, 4) is 0 Å². The molecule has 8 heteroatoms. The number of nitrogens with one attached hydrogen (secondary N) is 2. The van der Waals surface area contributed by atoms with Gasteiger partial charge in [0.1, 0.15) is 5.82 Å². The van der Waals surface area contributed by atoms with Crippen LogP contribution in [0.15, 0.2) is 36.4 Å². The molecule has 0 bridgehead atoms. The van der Waals surface area contributed by atoms with Gasteiger partial charge in [0, 0.05) is 19.0 Å². The summed E-state index contributed by atoms with van der Waals surface area (Å²) in [6.45, 7) is 2.46. The molecule has 0 aliphatic carbocycles. The molecule has 0 spiro atoms. The molecule has 2 aromatic rings. The van der Waals surface area contributed by atoms with E-state index in [9.17, 15) is 18.0 Å². The first-order valence-corrected chi connectivity index (χ1v) is 8.66. The second-order valence-electron chi connectivity index (χ2n) is 6.37. The average Bonchev–Trinajstić information content (AvgIpc) is 3.05. The van der Waals surface area contributed by atoms with Crippen LogP contribution in [0, 0.1) is 0 Å². The van der Waals surface area contributed by atoms with E-state index in [1.54, 1.807) is 24.3 Å². The van der Waals surface area contributed by atoms with Gasteiger partial charge in [-0.3, -0.25) is 4.79 Å². The minimum Gasteiger partial charge on any atom is -0.363 e. The van der Waals surface area contributed by atoms with Crippen molar-refractivity contribution in [2.24, 2.45) is 0 Å². The number of amides is 1. The van der Waals surface area contributed by atoms with Gasteiger partial charge in [0.05, 0.1) is 6.04 Å². The fourth-order valence-corrected chi connectivity index (χ4v) is 3.06. The Kier molecular flexibility index (Phi) is 5.20. The number of fused-ring (bicyclic) bond motifs is 1. The molecule has 0 radical (unpaired) electrons. The van der Waals surface area contributed by atoms with Crippen LogP contribution in [0.2, 0.25) is 0 Å². The maximum atomic E-state index is 13.6. The first-order valence-electron chi connectivity index (χ1n) is 8.66. The second-order valence-corrected chi connectivity index (χ2v) is 6.37. The maximum Gasteiger partial charge on any atom is 0.410 e. The molecule has 2 N–H and O–H groups in total. The van der Waals surface area contributed by atoms with Gasteiger partial charge in [-0.15, -0.1) is 0 Å². The number of halogens is 3. The lowest BCUT2D eigenvalue weighted by atomic mass is 9.97. The third kappa shape index (κ3) is 3.84. The lowest BCUT2D eigenvalue weighted by Crippen LogP contribution is -2.35. The van der Waals surface area contributed by atoms with Gasteiger partial charge in [-0.2, -0.15) is 18.3 Å².